The minimum Gasteiger partial charge on any atom is -0.480 e. The zero-order chi connectivity index (χ0) is 12.3. The maximum absolute atomic E-state index is 11.3. The van der Waals surface area contributed by atoms with Crippen molar-refractivity contribution >= 4 is 17.7 Å². The summed E-state index contributed by atoms with van der Waals surface area (Å²) in [4.78, 5) is 11.3. The second-order valence-corrected chi connectivity index (χ2v) is 5.79. The van der Waals surface area contributed by atoms with E-state index in [0.717, 1.165) is 0 Å². The Morgan fingerprint density at radius 3 is 2.62 bits per heavy atom. The van der Waals surface area contributed by atoms with Crippen LogP contribution < -0.4 is 0 Å². The highest BCUT2D eigenvalue weighted by atomic mass is 32.2. The Bertz CT molecular complexity index is 379. The number of rotatable bonds is 5. The monoisotopic (exact) mass is 244 g/mol. The zero-order valence-corrected chi connectivity index (χ0v) is 10.7. The summed E-state index contributed by atoms with van der Waals surface area (Å²) in [5, 5.41) is 20.8. The van der Waals surface area contributed by atoms with Crippen molar-refractivity contribution in [2.75, 3.05) is 0 Å². The largest absolute Gasteiger partial charge is 0.480 e. The topological polar surface area (TPSA) is 80.9 Å². The molecule has 7 heteroatoms. The van der Waals surface area contributed by atoms with Crippen molar-refractivity contribution in [3.8, 4) is 0 Å². The third-order valence-electron chi connectivity index (χ3n) is 2.15. The van der Waals surface area contributed by atoms with Crippen LogP contribution in [-0.2, 0) is 11.8 Å². The van der Waals surface area contributed by atoms with Crippen LogP contribution in [0.5, 0.6) is 0 Å². The first-order valence-corrected chi connectivity index (χ1v) is 5.81. The van der Waals surface area contributed by atoms with Gasteiger partial charge in [0.05, 0.1) is 0 Å². The molecular weight excluding hydrogens is 228 g/mol. The Morgan fingerprint density at radius 2 is 2.25 bits per heavy atom. The molecule has 1 unspecified atom stereocenters. The lowest BCUT2D eigenvalue weighted by molar-refractivity contribution is -0.139. The molecule has 0 spiro atoms. The minimum atomic E-state index is -0.892. The highest BCUT2D eigenvalue weighted by molar-refractivity contribution is 8.01. The third-order valence-corrected chi connectivity index (χ3v) is 3.47. The SMILES string of the molecule is CC(C)CC(C)(Sc1nnnn1C)C(=O)O. The van der Waals surface area contributed by atoms with Crippen LogP contribution >= 0.6 is 11.8 Å². The number of nitrogens with zero attached hydrogens (tertiary/aromatic N) is 4. The second kappa shape index (κ2) is 4.82. The lowest BCUT2D eigenvalue weighted by Crippen LogP contribution is -2.33. The van der Waals surface area contributed by atoms with Gasteiger partial charge in [0, 0.05) is 7.05 Å². The van der Waals surface area contributed by atoms with Gasteiger partial charge in [-0.15, -0.1) is 5.10 Å². The summed E-state index contributed by atoms with van der Waals surface area (Å²) < 4.78 is 0.586. The summed E-state index contributed by atoms with van der Waals surface area (Å²) in [6.45, 7) is 5.70. The molecule has 90 valence electrons. The molecule has 0 saturated carbocycles. The lowest BCUT2D eigenvalue weighted by atomic mass is 9.98. The van der Waals surface area contributed by atoms with Crippen LogP contribution in [0.1, 0.15) is 27.2 Å². The molecule has 1 N–H and O–H groups in total. The quantitative estimate of drug-likeness (QED) is 0.784. The molecule has 0 saturated heterocycles. The van der Waals surface area contributed by atoms with Crippen LogP contribution in [0.4, 0.5) is 0 Å². The van der Waals surface area contributed by atoms with Crippen LogP contribution in [-0.4, -0.2) is 36.0 Å². The van der Waals surface area contributed by atoms with Gasteiger partial charge in [0.1, 0.15) is 4.75 Å². The molecule has 1 aromatic rings. The number of thioether (sulfide) groups is 1. The molecule has 16 heavy (non-hydrogen) atoms. The van der Waals surface area contributed by atoms with E-state index in [-0.39, 0.29) is 0 Å². The molecule has 0 fully saturated rings. The Balaban J connectivity index is 2.87. The van der Waals surface area contributed by atoms with Gasteiger partial charge in [-0.2, -0.15) is 0 Å². The maximum Gasteiger partial charge on any atom is 0.319 e. The van der Waals surface area contributed by atoms with Gasteiger partial charge in [0.2, 0.25) is 5.16 Å². The Morgan fingerprint density at radius 1 is 1.62 bits per heavy atom. The van der Waals surface area contributed by atoms with Crippen molar-refractivity contribution in [1.82, 2.24) is 20.2 Å². The van der Waals surface area contributed by atoms with Crippen molar-refractivity contribution < 1.29 is 9.90 Å². The summed E-state index contributed by atoms with van der Waals surface area (Å²) in [6, 6.07) is 0. The van der Waals surface area contributed by atoms with Gasteiger partial charge in [-0.05, 0) is 29.7 Å². The number of tetrazole rings is 1. The average molecular weight is 244 g/mol. The van der Waals surface area contributed by atoms with E-state index in [1.54, 1.807) is 14.0 Å². The van der Waals surface area contributed by atoms with Crippen LogP contribution in [0.25, 0.3) is 0 Å². The summed E-state index contributed by atoms with van der Waals surface area (Å²) in [7, 11) is 1.69. The van der Waals surface area contributed by atoms with Gasteiger partial charge in [0.15, 0.2) is 0 Å². The first-order chi connectivity index (χ1) is 7.35. The van der Waals surface area contributed by atoms with Crippen LogP contribution in [0, 0.1) is 5.92 Å². The van der Waals surface area contributed by atoms with Crippen LogP contribution in [0.3, 0.4) is 0 Å². The van der Waals surface area contributed by atoms with E-state index in [1.807, 2.05) is 13.8 Å². The predicted molar refractivity (Wildman–Crippen MR) is 60.2 cm³/mol. The maximum atomic E-state index is 11.3. The fraction of sp³-hybridized carbons (Fsp3) is 0.778. The van der Waals surface area contributed by atoms with E-state index in [9.17, 15) is 9.90 Å². The molecule has 0 amide bonds. The fourth-order valence-corrected chi connectivity index (χ4v) is 2.61. The minimum absolute atomic E-state index is 0.301. The number of aliphatic carboxylic acids is 1. The molecule has 0 aliphatic heterocycles. The van der Waals surface area contributed by atoms with Gasteiger partial charge < -0.3 is 5.11 Å². The Kier molecular flexibility index (Phi) is 3.90. The number of carbonyl (C=O) groups is 1. The van der Waals surface area contributed by atoms with Crippen molar-refractivity contribution in [2.24, 2.45) is 13.0 Å². The molecule has 0 radical (unpaired) electrons. The first kappa shape index (κ1) is 13.0. The van der Waals surface area contributed by atoms with Crippen molar-refractivity contribution in [3.05, 3.63) is 0 Å². The second-order valence-electron chi connectivity index (χ2n) is 4.32. The molecule has 1 heterocycles. The summed E-state index contributed by atoms with van der Waals surface area (Å²) in [5.41, 5.74) is 0. The van der Waals surface area contributed by atoms with E-state index in [2.05, 4.69) is 15.5 Å². The van der Waals surface area contributed by atoms with Crippen molar-refractivity contribution in [3.63, 3.8) is 0 Å². The van der Waals surface area contributed by atoms with E-state index < -0.39 is 10.7 Å². The Hall–Kier alpha value is -1.11. The summed E-state index contributed by atoms with van der Waals surface area (Å²) in [6.07, 6.45) is 0.569. The number of carboxylic acids is 1. The molecule has 1 atom stereocenters. The number of hydrogen-bond acceptors (Lipinski definition) is 5. The van der Waals surface area contributed by atoms with Gasteiger partial charge in [-0.1, -0.05) is 25.6 Å². The molecular formula is C9H16N4O2S. The van der Waals surface area contributed by atoms with Gasteiger partial charge >= 0.3 is 5.97 Å². The predicted octanol–water partition coefficient (Wildman–Crippen LogP) is 1.19. The normalized spacial score (nSPS) is 15.1. The molecule has 6 nitrogen and oxygen atoms in total. The average Bonchev–Trinajstić information content (AvgIpc) is 2.50. The highest BCUT2D eigenvalue weighted by Gasteiger charge is 2.36. The first-order valence-electron chi connectivity index (χ1n) is 5.00. The fourth-order valence-electron chi connectivity index (χ4n) is 1.46. The number of aryl methyl sites for hydroxylation is 1. The summed E-state index contributed by atoms with van der Waals surface area (Å²) in [5.74, 6) is -0.538. The van der Waals surface area contributed by atoms with Crippen LogP contribution in [0.15, 0.2) is 5.16 Å². The Labute approximate surface area is 98.4 Å². The third kappa shape index (κ3) is 2.94. The van der Waals surface area contributed by atoms with Gasteiger partial charge in [-0.3, -0.25) is 4.79 Å². The number of aromatic nitrogens is 4. The van der Waals surface area contributed by atoms with E-state index in [0.29, 0.717) is 17.5 Å². The van der Waals surface area contributed by atoms with Crippen molar-refractivity contribution in [1.29, 1.82) is 0 Å². The van der Waals surface area contributed by atoms with E-state index in [1.165, 1.54) is 16.4 Å². The van der Waals surface area contributed by atoms with Crippen molar-refractivity contribution in [2.45, 2.75) is 37.1 Å². The molecule has 0 bridgehead atoms. The van der Waals surface area contributed by atoms with E-state index in [4.69, 9.17) is 0 Å². The van der Waals surface area contributed by atoms with Gasteiger partial charge in [-0.25, -0.2) is 4.68 Å². The zero-order valence-electron chi connectivity index (χ0n) is 9.84. The summed E-state index contributed by atoms with van der Waals surface area (Å²) >= 11 is 1.19. The molecule has 1 rings (SSSR count). The standard InChI is InChI=1S/C9H16N4O2S/c1-6(2)5-9(3,7(14)15)16-8-10-11-12-13(8)4/h6H,5H2,1-4H3,(H,14,15). The molecule has 0 aromatic carbocycles. The number of hydrogen-bond donors (Lipinski definition) is 1. The number of carboxylic acid groups (broad SMARTS) is 1. The van der Waals surface area contributed by atoms with Gasteiger partial charge in [0.25, 0.3) is 0 Å². The van der Waals surface area contributed by atoms with E-state index >= 15 is 0 Å². The molecule has 1 aromatic heterocycles. The molecule has 0 aliphatic carbocycles. The van der Waals surface area contributed by atoms with Crippen LogP contribution in [0.2, 0.25) is 0 Å². The lowest BCUT2D eigenvalue weighted by Gasteiger charge is -2.24. The smallest absolute Gasteiger partial charge is 0.319 e. The molecule has 0 aliphatic rings. The highest BCUT2D eigenvalue weighted by Crippen LogP contribution is 2.36.